The molecular formula is C21H23NO4S. The van der Waals surface area contributed by atoms with Crippen molar-refractivity contribution in [2.75, 3.05) is 13.1 Å². The maximum Gasteiger partial charge on any atom is 0.243 e. The Kier molecular flexibility index (Phi) is 4.35. The molecular weight excluding hydrogens is 362 g/mol. The van der Waals surface area contributed by atoms with Crippen molar-refractivity contribution in [1.29, 1.82) is 0 Å². The highest BCUT2D eigenvalue weighted by Gasteiger charge is 2.45. The number of aryl methyl sites for hydroxylation is 2. The number of sulfonamides is 1. The Morgan fingerprint density at radius 1 is 1.00 bits per heavy atom. The summed E-state index contributed by atoms with van der Waals surface area (Å²) in [5, 5.41) is 0. The first-order valence-corrected chi connectivity index (χ1v) is 10.6. The molecule has 5 nitrogen and oxygen atoms in total. The molecule has 2 aliphatic heterocycles. The monoisotopic (exact) mass is 385 g/mol. The van der Waals surface area contributed by atoms with Crippen LogP contribution in [0.1, 0.15) is 40.7 Å². The fraction of sp³-hybridized carbons (Fsp3) is 0.381. The second-order valence-electron chi connectivity index (χ2n) is 7.53. The van der Waals surface area contributed by atoms with E-state index in [0.29, 0.717) is 48.6 Å². The smallest absolute Gasteiger partial charge is 0.243 e. The van der Waals surface area contributed by atoms with E-state index in [-0.39, 0.29) is 5.78 Å². The molecule has 0 radical (unpaired) electrons. The van der Waals surface area contributed by atoms with Crippen molar-refractivity contribution in [3.63, 3.8) is 0 Å². The molecule has 2 aromatic carbocycles. The first kappa shape index (κ1) is 18.2. The Hall–Kier alpha value is -2.18. The van der Waals surface area contributed by atoms with Gasteiger partial charge in [0.2, 0.25) is 10.0 Å². The fourth-order valence-corrected chi connectivity index (χ4v) is 5.37. The van der Waals surface area contributed by atoms with Crippen LogP contribution >= 0.6 is 0 Å². The summed E-state index contributed by atoms with van der Waals surface area (Å²) in [5.74, 6) is 0.715. The van der Waals surface area contributed by atoms with E-state index in [1.807, 2.05) is 26.0 Å². The number of Topliss-reactive ketones (excluding diaryl/α,β-unsaturated/α-hetero) is 1. The van der Waals surface area contributed by atoms with Crippen LogP contribution in [0.2, 0.25) is 0 Å². The van der Waals surface area contributed by atoms with E-state index in [1.54, 1.807) is 30.3 Å². The number of ether oxygens (including phenoxy) is 1. The van der Waals surface area contributed by atoms with Crippen LogP contribution in [0, 0.1) is 13.8 Å². The van der Waals surface area contributed by atoms with E-state index in [4.69, 9.17) is 4.74 Å². The average Bonchev–Trinajstić information content (AvgIpc) is 2.65. The van der Waals surface area contributed by atoms with Gasteiger partial charge >= 0.3 is 0 Å². The number of carbonyl (C=O) groups excluding carboxylic acids is 1. The lowest BCUT2D eigenvalue weighted by atomic mass is 9.82. The van der Waals surface area contributed by atoms with Crippen molar-refractivity contribution in [2.45, 2.75) is 43.6 Å². The van der Waals surface area contributed by atoms with Crippen LogP contribution in [0.15, 0.2) is 47.4 Å². The third kappa shape index (κ3) is 3.17. The molecule has 1 fully saturated rings. The van der Waals surface area contributed by atoms with E-state index < -0.39 is 15.6 Å². The predicted octanol–water partition coefficient (Wildman–Crippen LogP) is 3.49. The van der Waals surface area contributed by atoms with Crippen LogP contribution in [-0.2, 0) is 10.0 Å². The van der Waals surface area contributed by atoms with Gasteiger partial charge in [0, 0.05) is 25.9 Å². The minimum absolute atomic E-state index is 0.0821. The number of piperidine rings is 1. The van der Waals surface area contributed by atoms with Gasteiger partial charge in [-0.1, -0.05) is 18.2 Å². The Labute approximate surface area is 160 Å². The highest BCUT2D eigenvalue weighted by atomic mass is 32.2. The number of fused-ring (bicyclic) bond motifs is 1. The standard InChI is InChI=1S/C21H23NO4S/c1-15-12-18-19(23)14-21(26-20(18)13-16(15)2)8-10-22(11-9-21)27(24,25)17-6-4-3-5-7-17/h3-7,12-13H,8-11,14H2,1-2H3. The molecule has 4 rings (SSSR count). The van der Waals surface area contributed by atoms with Crippen LogP contribution in [0.3, 0.4) is 0 Å². The van der Waals surface area contributed by atoms with Crippen molar-refractivity contribution < 1.29 is 17.9 Å². The molecule has 2 heterocycles. The molecule has 142 valence electrons. The van der Waals surface area contributed by atoms with Crippen LogP contribution in [-0.4, -0.2) is 37.2 Å². The highest BCUT2D eigenvalue weighted by molar-refractivity contribution is 7.89. The number of nitrogens with zero attached hydrogens (tertiary/aromatic N) is 1. The fourth-order valence-electron chi connectivity index (χ4n) is 3.90. The summed E-state index contributed by atoms with van der Waals surface area (Å²) in [5.41, 5.74) is 2.20. The Morgan fingerprint density at radius 3 is 2.30 bits per heavy atom. The number of hydrogen-bond acceptors (Lipinski definition) is 4. The van der Waals surface area contributed by atoms with E-state index in [2.05, 4.69) is 0 Å². The molecule has 0 aliphatic carbocycles. The van der Waals surface area contributed by atoms with E-state index >= 15 is 0 Å². The molecule has 0 atom stereocenters. The third-order valence-electron chi connectivity index (χ3n) is 5.72. The third-order valence-corrected chi connectivity index (χ3v) is 7.63. The van der Waals surface area contributed by atoms with Gasteiger partial charge in [0.25, 0.3) is 0 Å². The van der Waals surface area contributed by atoms with Crippen molar-refractivity contribution in [3.8, 4) is 5.75 Å². The summed E-state index contributed by atoms with van der Waals surface area (Å²) in [4.78, 5) is 13.0. The minimum Gasteiger partial charge on any atom is -0.486 e. The molecule has 0 unspecified atom stereocenters. The van der Waals surface area contributed by atoms with Crippen LogP contribution in [0.5, 0.6) is 5.75 Å². The Balaban J connectivity index is 1.55. The SMILES string of the molecule is Cc1cc2c(cc1C)C(=O)CC1(CCN(S(=O)(=O)c3ccccc3)CC1)O2. The van der Waals surface area contributed by atoms with E-state index in [1.165, 1.54) is 4.31 Å². The van der Waals surface area contributed by atoms with Crippen molar-refractivity contribution >= 4 is 15.8 Å². The van der Waals surface area contributed by atoms with Gasteiger partial charge < -0.3 is 4.74 Å². The molecule has 2 aromatic rings. The number of ketones is 1. The van der Waals surface area contributed by atoms with Crippen molar-refractivity contribution in [3.05, 3.63) is 59.2 Å². The number of carbonyl (C=O) groups is 1. The number of benzene rings is 2. The first-order chi connectivity index (χ1) is 12.8. The zero-order valence-corrected chi connectivity index (χ0v) is 16.4. The zero-order chi connectivity index (χ0) is 19.2. The van der Waals surface area contributed by atoms with E-state index in [9.17, 15) is 13.2 Å². The second-order valence-corrected chi connectivity index (χ2v) is 9.47. The van der Waals surface area contributed by atoms with Gasteiger partial charge in [0.15, 0.2) is 5.78 Å². The summed E-state index contributed by atoms with van der Waals surface area (Å²) in [6.45, 7) is 4.69. The molecule has 1 spiro atoms. The zero-order valence-electron chi connectivity index (χ0n) is 15.6. The maximum absolute atomic E-state index is 12.8. The van der Waals surface area contributed by atoms with Crippen LogP contribution in [0.25, 0.3) is 0 Å². The first-order valence-electron chi connectivity index (χ1n) is 9.19. The lowest BCUT2D eigenvalue weighted by Gasteiger charge is -2.43. The van der Waals surface area contributed by atoms with Gasteiger partial charge in [0.1, 0.15) is 11.4 Å². The van der Waals surface area contributed by atoms with Crippen molar-refractivity contribution in [2.24, 2.45) is 0 Å². The quantitative estimate of drug-likeness (QED) is 0.794. The molecule has 0 amide bonds. The van der Waals surface area contributed by atoms with Crippen molar-refractivity contribution in [1.82, 2.24) is 4.31 Å². The maximum atomic E-state index is 12.8. The summed E-state index contributed by atoms with van der Waals surface area (Å²) in [7, 11) is -3.51. The summed E-state index contributed by atoms with van der Waals surface area (Å²) in [6.07, 6.45) is 1.33. The van der Waals surface area contributed by atoms with Gasteiger partial charge in [-0.15, -0.1) is 0 Å². The van der Waals surface area contributed by atoms with Gasteiger partial charge in [-0.3, -0.25) is 4.79 Å². The molecule has 6 heteroatoms. The van der Waals surface area contributed by atoms with Gasteiger partial charge in [-0.05, 0) is 49.2 Å². The number of hydrogen-bond donors (Lipinski definition) is 0. The van der Waals surface area contributed by atoms with Gasteiger partial charge in [-0.2, -0.15) is 4.31 Å². The van der Waals surface area contributed by atoms with E-state index in [0.717, 1.165) is 11.1 Å². The Morgan fingerprint density at radius 2 is 1.63 bits per heavy atom. The van der Waals surface area contributed by atoms with Crippen LogP contribution in [0.4, 0.5) is 0 Å². The largest absolute Gasteiger partial charge is 0.486 e. The second kappa shape index (κ2) is 6.46. The Bertz CT molecular complexity index is 990. The van der Waals surface area contributed by atoms with Gasteiger partial charge in [0.05, 0.1) is 16.9 Å². The summed E-state index contributed by atoms with van der Waals surface area (Å²) >= 11 is 0. The van der Waals surface area contributed by atoms with Crippen LogP contribution < -0.4 is 4.74 Å². The summed E-state index contributed by atoms with van der Waals surface area (Å²) < 4.78 is 33.4. The lowest BCUT2D eigenvalue weighted by molar-refractivity contribution is 0.00585. The predicted molar refractivity (Wildman–Crippen MR) is 103 cm³/mol. The molecule has 0 N–H and O–H groups in total. The molecule has 1 saturated heterocycles. The molecule has 2 aliphatic rings. The topological polar surface area (TPSA) is 63.7 Å². The molecule has 0 aromatic heterocycles. The normalized spacial score (nSPS) is 19.6. The minimum atomic E-state index is -3.51. The summed E-state index contributed by atoms with van der Waals surface area (Å²) in [6, 6.07) is 12.3. The molecule has 0 saturated carbocycles. The van der Waals surface area contributed by atoms with Gasteiger partial charge in [-0.25, -0.2) is 8.42 Å². The average molecular weight is 385 g/mol. The highest BCUT2D eigenvalue weighted by Crippen LogP contribution is 2.41. The molecule has 27 heavy (non-hydrogen) atoms. The lowest BCUT2D eigenvalue weighted by Crippen LogP contribution is -2.52. The molecule has 0 bridgehead atoms. The number of rotatable bonds is 2.